The normalized spacial score (nSPS) is 17.1. The Balaban J connectivity index is 1.36. The van der Waals surface area contributed by atoms with Crippen molar-refractivity contribution in [2.24, 2.45) is 0 Å². The fourth-order valence-corrected chi connectivity index (χ4v) is 4.10. The predicted molar refractivity (Wildman–Crippen MR) is 113 cm³/mol. The number of hydrogen-bond acceptors (Lipinski definition) is 7. The summed E-state index contributed by atoms with van der Waals surface area (Å²) < 4.78 is 16.9. The zero-order chi connectivity index (χ0) is 20.2. The first-order valence-corrected chi connectivity index (χ1v) is 10.8. The maximum Gasteiger partial charge on any atom is 0.347 e. The molecule has 0 amide bonds. The number of esters is 1. The zero-order valence-electron chi connectivity index (χ0n) is 15.7. The van der Waals surface area contributed by atoms with Crippen LogP contribution in [0.2, 0.25) is 5.02 Å². The molecule has 0 bridgehead atoms. The summed E-state index contributed by atoms with van der Waals surface area (Å²) in [4.78, 5) is 20.9. The van der Waals surface area contributed by atoms with Gasteiger partial charge in [-0.1, -0.05) is 11.6 Å². The van der Waals surface area contributed by atoms with Gasteiger partial charge in [-0.3, -0.25) is 0 Å². The van der Waals surface area contributed by atoms with E-state index in [-0.39, 0.29) is 12.1 Å². The second-order valence-corrected chi connectivity index (χ2v) is 8.18. The summed E-state index contributed by atoms with van der Waals surface area (Å²) in [6, 6.07) is 12.3. The second-order valence-electron chi connectivity index (χ2n) is 6.60. The minimum atomic E-state index is -0.675. The highest BCUT2D eigenvalue weighted by molar-refractivity contribution is 7.99. The average molecular weight is 431 g/mol. The van der Waals surface area contributed by atoms with Gasteiger partial charge in [-0.2, -0.15) is 11.8 Å². The molecule has 1 aliphatic rings. The molecule has 2 aromatic carbocycles. The van der Waals surface area contributed by atoms with Gasteiger partial charge in [-0.15, -0.1) is 0 Å². The SMILES string of the molecule is CC(Oc1ccc(Oc2cnc3cc(Cl)ccc3n2)cc1)C(=O)OC1CCSC1. The molecule has 3 aromatic rings. The number of thioether (sulfide) groups is 1. The molecule has 0 radical (unpaired) electrons. The molecule has 1 aliphatic heterocycles. The van der Waals surface area contributed by atoms with E-state index in [9.17, 15) is 4.79 Å². The first kappa shape index (κ1) is 19.8. The largest absolute Gasteiger partial charge is 0.479 e. The fourth-order valence-electron chi connectivity index (χ4n) is 2.84. The van der Waals surface area contributed by atoms with Crippen LogP contribution in [0.15, 0.2) is 48.7 Å². The Kier molecular flexibility index (Phi) is 6.06. The molecule has 29 heavy (non-hydrogen) atoms. The first-order valence-electron chi connectivity index (χ1n) is 9.22. The van der Waals surface area contributed by atoms with E-state index in [4.69, 9.17) is 25.8 Å². The van der Waals surface area contributed by atoms with Gasteiger partial charge in [0.25, 0.3) is 0 Å². The summed E-state index contributed by atoms with van der Waals surface area (Å²) >= 11 is 7.76. The summed E-state index contributed by atoms with van der Waals surface area (Å²) in [5.41, 5.74) is 1.39. The quantitative estimate of drug-likeness (QED) is 0.515. The minimum absolute atomic E-state index is 0.00610. The number of fused-ring (bicyclic) bond motifs is 1. The standard InChI is InChI=1S/C21H19ClN2O4S/c1-13(21(25)28-17-8-9-29-12-17)26-15-3-5-16(6-4-15)27-20-11-23-19-10-14(22)2-7-18(19)24-20/h2-7,10-11,13,17H,8-9,12H2,1H3. The molecule has 150 valence electrons. The van der Waals surface area contributed by atoms with E-state index in [1.165, 1.54) is 0 Å². The number of nitrogens with zero attached hydrogens (tertiary/aromatic N) is 2. The lowest BCUT2D eigenvalue weighted by molar-refractivity contribution is -0.155. The smallest absolute Gasteiger partial charge is 0.347 e. The predicted octanol–water partition coefficient (Wildman–Crippen LogP) is 4.89. The van der Waals surface area contributed by atoms with Crippen molar-refractivity contribution in [2.45, 2.75) is 25.6 Å². The molecule has 1 fully saturated rings. The van der Waals surface area contributed by atoms with Gasteiger partial charge in [0, 0.05) is 10.8 Å². The lowest BCUT2D eigenvalue weighted by Crippen LogP contribution is -2.30. The summed E-state index contributed by atoms with van der Waals surface area (Å²) in [7, 11) is 0. The molecule has 0 saturated carbocycles. The Morgan fingerprint density at radius 3 is 2.72 bits per heavy atom. The topological polar surface area (TPSA) is 70.5 Å². The molecular formula is C21H19ClN2O4S. The van der Waals surface area contributed by atoms with Crippen LogP contribution < -0.4 is 9.47 Å². The van der Waals surface area contributed by atoms with Crippen molar-refractivity contribution in [1.82, 2.24) is 9.97 Å². The van der Waals surface area contributed by atoms with E-state index < -0.39 is 6.10 Å². The van der Waals surface area contributed by atoms with Gasteiger partial charge in [0.05, 0.1) is 17.2 Å². The van der Waals surface area contributed by atoms with Gasteiger partial charge >= 0.3 is 5.97 Å². The maximum atomic E-state index is 12.1. The van der Waals surface area contributed by atoms with Crippen LogP contribution in [-0.2, 0) is 9.53 Å². The number of hydrogen-bond donors (Lipinski definition) is 0. The third-order valence-electron chi connectivity index (χ3n) is 4.34. The fraction of sp³-hybridized carbons (Fsp3) is 0.286. The van der Waals surface area contributed by atoms with Crippen molar-refractivity contribution in [3.05, 3.63) is 53.7 Å². The monoisotopic (exact) mass is 430 g/mol. The molecule has 0 aliphatic carbocycles. The Morgan fingerprint density at radius 1 is 1.17 bits per heavy atom. The Labute approximate surface area is 177 Å². The summed E-state index contributed by atoms with van der Waals surface area (Å²) in [6.07, 6.45) is 1.77. The number of rotatable bonds is 6. The Hall–Kier alpha value is -2.51. The summed E-state index contributed by atoms with van der Waals surface area (Å²) in [5, 5.41) is 0.608. The third-order valence-corrected chi connectivity index (χ3v) is 5.71. The maximum absolute atomic E-state index is 12.1. The molecule has 1 aromatic heterocycles. The van der Waals surface area contributed by atoms with Crippen LogP contribution in [0.5, 0.6) is 17.4 Å². The van der Waals surface area contributed by atoms with Gasteiger partial charge in [0.1, 0.15) is 17.6 Å². The van der Waals surface area contributed by atoms with Crippen LogP contribution >= 0.6 is 23.4 Å². The van der Waals surface area contributed by atoms with Crippen LogP contribution in [0.3, 0.4) is 0 Å². The van der Waals surface area contributed by atoms with E-state index in [1.54, 1.807) is 67.3 Å². The van der Waals surface area contributed by atoms with Crippen molar-refractivity contribution in [3.63, 3.8) is 0 Å². The number of aromatic nitrogens is 2. The molecule has 1 saturated heterocycles. The minimum Gasteiger partial charge on any atom is -0.479 e. The summed E-state index contributed by atoms with van der Waals surface area (Å²) in [5.74, 6) is 3.06. The molecule has 0 spiro atoms. The summed E-state index contributed by atoms with van der Waals surface area (Å²) in [6.45, 7) is 1.69. The van der Waals surface area contributed by atoms with Crippen LogP contribution in [0, 0.1) is 0 Å². The number of benzene rings is 2. The van der Waals surface area contributed by atoms with E-state index in [2.05, 4.69) is 9.97 Å². The highest BCUT2D eigenvalue weighted by atomic mass is 35.5. The molecule has 2 atom stereocenters. The van der Waals surface area contributed by atoms with Gasteiger partial charge in [-0.05, 0) is 61.6 Å². The molecular weight excluding hydrogens is 412 g/mol. The number of carbonyl (C=O) groups excluding carboxylic acids is 1. The van der Waals surface area contributed by atoms with Crippen LogP contribution in [0.4, 0.5) is 0 Å². The second kappa shape index (κ2) is 8.88. The van der Waals surface area contributed by atoms with Gasteiger partial charge in [0.2, 0.25) is 5.88 Å². The van der Waals surface area contributed by atoms with Gasteiger partial charge < -0.3 is 14.2 Å². The Morgan fingerprint density at radius 2 is 1.97 bits per heavy atom. The van der Waals surface area contributed by atoms with Gasteiger partial charge in [0.15, 0.2) is 6.10 Å². The number of carbonyl (C=O) groups is 1. The van der Waals surface area contributed by atoms with E-state index in [1.807, 2.05) is 0 Å². The van der Waals surface area contributed by atoms with Crippen molar-refractivity contribution >= 4 is 40.4 Å². The van der Waals surface area contributed by atoms with Crippen LogP contribution in [0.25, 0.3) is 11.0 Å². The number of halogens is 1. The van der Waals surface area contributed by atoms with Crippen molar-refractivity contribution in [3.8, 4) is 17.4 Å². The zero-order valence-corrected chi connectivity index (χ0v) is 17.3. The van der Waals surface area contributed by atoms with Crippen LogP contribution in [0.1, 0.15) is 13.3 Å². The molecule has 4 rings (SSSR count). The average Bonchev–Trinajstić information content (AvgIpc) is 3.22. The lowest BCUT2D eigenvalue weighted by atomic mass is 10.3. The van der Waals surface area contributed by atoms with E-state index in [0.717, 1.165) is 17.9 Å². The highest BCUT2D eigenvalue weighted by Crippen LogP contribution is 2.25. The molecule has 2 heterocycles. The lowest BCUT2D eigenvalue weighted by Gasteiger charge is -2.17. The number of ether oxygens (including phenoxy) is 3. The van der Waals surface area contributed by atoms with Crippen LogP contribution in [-0.4, -0.2) is 39.7 Å². The molecule has 6 nitrogen and oxygen atoms in total. The molecule has 8 heteroatoms. The van der Waals surface area contributed by atoms with Gasteiger partial charge in [-0.25, -0.2) is 14.8 Å². The molecule has 0 N–H and O–H groups in total. The van der Waals surface area contributed by atoms with Crippen molar-refractivity contribution in [2.75, 3.05) is 11.5 Å². The van der Waals surface area contributed by atoms with Crippen molar-refractivity contribution in [1.29, 1.82) is 0 Å². The van der Waals surface area contributed by atoms with E-state index in [0.29, 0.717) is 33.4 Å². The third kappa shape index (κ3) is 5.10. The van der Waals surface area contributed by atoms with E-state index >= 15 is 0 Å². The van der Waals surface area contributed by atoms with Crippen molar-refractivity contribution < 1.29 is 19.0 Å². The first-order chi connectivity index (χ1) is 14.1. The Bertz CT molecular complexity index is 1010. The molecule has 2 unspecified atom stereocenters. The highest BCUT2D eigenvalue weighted by Gasteiger charge is 2.24.